The normalized spacial score (nSPS) is 26.5. The molecule has 2 aliphatic rings. The van der Waals surface area contributed by atoms with Crippen molar-refractivity contribution in [3.05, 3.63) is 0 Å². The van der Waals surface area contributed by atoms with Crippen molar-refractivity contribution in [2.24, 2.45) is 0 Å². The first kappa shape index (κ1) is 9.77. The first-order valence-electron chi connectivity index (χ1n) is 4.16. The molecule has 0 unspecified atom stereocenters. The maximum Gasteiger partial charge on any atom is 0.256 e. The fourth-order valence-corrected chi connectivity index (χ4v) is 1.89. The van der Waals surface area contributed by atoms with Gasteiger partial charge in [-0.05, 0) is 12.8 Å². The molecule has 1 amide bonds. The van der Waals surface area contributed by atoms with Crippen LogP contribution in [0.4, 0.5) is 0 Å². The number of rotatable bonds is 0. The molecule has 5 heteroatoms. The Hall–Kier alpha value is -0.320. The molecule has 0 atom stereocenters. The largest absolute Gasteiger partial charge is 0.276 e. The Morgan fingerprint density at radius 3 is 2.33 bits per heavy atom. The quantitative estimate of drug-likeness (QED) is 0.515. The second-order valence-corrected chi connectivity index (χ2v) is 3.35. The van der Waals surface area contributed by atoms with Crippen LogP contribution >= 0.6 is 12.4 Å². The van der Waals surface area contributed by atoms with Gasteiger partial charge in [0.05, 0.1) is 0 Å². The summed E-state index contributed by atoms with van der Waals surface area (Å²) in [4.78, 5) is 11.3. The SMILES string of the molecule is Cl.O=C1NNNC12CCCCC2. The van der Waals surface area contributed by atoms with Crippen LogP contribution in [0.1, 0.15) is 32.1 Å². The van der Waals surface area contributed by atoms with Crippen LogP contribution in [0.15, 0.2) is 0 Å². The lowest BCUT2D eigenvalue weighted by Crippen LogP contribution is -2.49. The van der Waals surface area contributed by atoms with Gasteiger partial charge in [0.1, 0.15) is 5.54 Å². The van der Waals surface area contributed by atoms with E-state index in [-0.39, 0.29) is 23.9 Å². The van der Waals surface area contributed by atoms with E-state index in [1.165, 1.54) is 6.42 Å². The highest BCUT2D eigenvalue weighted by atomic mass is 35.5. The molecule has 0 aromatic carbocycles. The number of carbonyl (C=O) groups excluding carboxylic acids is 1. The monoisotopic (exact) mass is 191 g/mol. The van der Waals surface area contributed by atoms with Crippen molar-refractivity contribution in [2.45, 2.75) is 37.6 Å². The summed E-state index contributed by atoms with van der Waals surface area (Å²) in [5.74, 6) is 0.109. The lowest BCUT2D eigenvalue weighted by molar-refractivity contribution is -0.125. The molecule has 2 fully saturated rings. The number of hydrogen-bond acceptors (Lipinski definition) is 3. The first-order valence-corrected chi connectivity index (χ1v) is 4.16. The molecule has 1 spiro atoms. The highest BCUT2D eigenvalue weighted by molar-refractivity contribution is 5.87. The summed E-state index contributed by atoms with van der Waals surface area (Å²) in [7, 11) is 0. The van der Waals surface area contributed by atoms with Crippen molar-refractivity contribution < 1.29 is 4.79 Å². The van der Waals surface area contributed by atoms with Crippen LogP contribution in [-0.2, 0) is 4.79 Å². The predicted molar refractivity (Wildman–Crippen MR) is 47.5 cm³/mol. The van der Waals surface area contributed by atoms with Crippen molar-refractivity contribution in [1.29, 1.82) is 0 Å². The van der Waals surface area contributed by atoms with Crippen LogP contribution in [0.5, 0.6) is 0 Å². The summed E-state index contributed by atoms with van der Waals surface area (Å²) in [6, 6.07) is 0. The van der Waals surface area contributed by atoms with Gasteiger partial charge in [0.25, 0.3) is 5.91 Å². The zero-order valence-electron chi connectivity index (χ0n) is 6.85. The highest BCUT2D eigenvalue weighted by Gasteiger charge is 2.42. The molecule has 0 aromatic rings. The Labute approximate surface area is 77.8 Å². The van der Waals surface area contributed by atoms with Gasteiger partial charge in [-0.3, -0.25) is 10.2 Å². The van der Waals surface area contributed by atoms with Crippen LogP contribution in [0, 0.1) is 0 Å². The third-order valence-corrected chi connectivity index (χ3v) is 2.62. The molecule has 1 aliphatic heterocycles. The Morgan fingerprint density at radius 1 is 1.17 bits per heavy atom. The minimum Gasteiger partial charge on any atom is -0.276 e. The van der Waals surface area contributed by atoms with Gasteiger partial charge >= 0.3 is 0 Å². The van der Waals surface area contributed by atoms with Crippen molar-refractivity contribution in [3.8, 4) is 0 Å². The molecule has 0 bridgehead atoms. The summed E-state index contributed by atoms with van der Waals surface area (Å²) in [6.45, 7) is 0. The third kappa shape index (κ3) is 1.42. The Balaban J connectivity index is 0.000000720. The molecular formula is C7H14ClN3O. The van der Waals surface area contributed by atoms with Crippen LogP contribution in [0.3, 0.4) is 0 Å². The minimum absolute atomic E-state index is 0. The van der Waals surface area contributed by atoms with Crippen LogP contribution < -0.4 is 16.4 Å². The van der Waals surface area contributed by atoms with E-state index in [1.807, 2.05) is 0 Å². The molecule has 1 saturated heterocycles. The second-order valence-electron chi connectivity index (χ2n) is 3.35. The average molecular weight is 192 g/mol. The molecule has 12 heavy (non-hydrogen) atoms. The van der Waals surface area contributed by atoms with Gasteiger partial charge in [-0.1, -0.05) is 19.3 Å². The van der Waals surface area contributed by atoms with E-state index in [0.29, 0.717) is 0 Å². The Morgan fingerprint density at radius 2 is 1.83 bits per heavy atom. The summed E-state index contributed by atoms with van der Waals surface area (Å²) in [5, 5.41) is 0. The van der Waals surface area contributed by atoms with Crippen LogP contribution in [0.2, 0.25) is 0 Å². The van der Waals surface area contributed by atoms with Crippen LogP contribution in [0.25, 0.3) is 0 Å². The van der Waals surface area contributed by atoms with Gasteiger partial charge in [0, 0.05) is 0 Å². The molecule has 0 aromatic heterocycles. The third-order valence-electron chi connectivity index (χ3n) is 2.62. The molecule has 70 valence electrons. The lowest BCUT2D eigenvalue weighted by Gasteiger charge is -2.29. The van der Waals surface area contributed by atoms with Crippen molar-refractivity contribution in [3.63, 3.8) is 0 Å². The van der Waals surface area contributed by atoms with E-state index in [2.05, 4.69) is 16.4 Å². The fourth-order valence-electron chi connectivity index (χ4n) is 1.89. The maximum atomic E-state index is 11.3. The van der Waals surface area contributed by atoms with E-state index in [4.69, 9.17) is 0 Å². The maximum absolute atomic E-state index is 11.3. The number of halogens is 1. The van der Waals surface area contributed by atoms with E-state index in [0.717, 1.165) is 25.7 Å². The van der Waals surface area contributed by atoms with Gasteiger partial charge in [-0.25, -0.2) is 5.43 Å². The Kier molecular flexibility index (Phi) is 2.93. The second kappa shape index (κ2) is 3.60. The molecule has 4 nitrogen and oxygen atoms in total. The Bertz CT molecular complexity index is 179. The standard InChI is InChI=1S/C7H13N3O.ClH/c11-6-7(9-10-8-6)4-2-1-3-5-7;/h9-10H,1-5H2,(H,8,11);1H. The molecule has 1 aliphatic carbocycles. The van der Waals surface area contributed by atoms with E-state index in [1.54, 1.807) is 0 Å². The highest BCUT2D eigenvalue weighted by Crippen LogP contribution is 2.28. The molecule has 1 saturated carbocycles. The smallest absolute Gasteiger partial charge is 0.256 e. The predicted octanol–water partition coefficient (Wildman–Crippen LogP) is 0.250. The fraction of sp³-hybridized carbons (Fsp3) is 0.857. The molecule has 1 heterocycles. The zero-order valence-corrected chi connectivity index (χ0v) is 7.67. The van der Waals surface area contributed by atoms with E-state index in [9.17, 15) is 4.79 Å². The molecular weight excluding hydrogens is 178 g/mol. The van der Waals surface area contributed by atoms with Crippen LogP contribution in [-0.4, -0.2) is 11.4 Å². The molecule has 3 N–H and O–H groups in total. The van der Waals surface area contributed by atoms with Crippen molar-refractivity contribution >= 4 is 18.3 Å². The summed E-state index contributed by atoms with van der Waals surface area (Å²) < 4.78 is 0. The zero-order chi connectivity index (χ0) is 7.73. The summed E-state index contributed by atoms with van der Waals surface area (Å²) in [6.07, 6.45) is 5.50. The summed E-state index contributed by atoms with van der Waals surface area (Å²) >= 11 is 0. The van der Waals surface area contributed by atoms with Crippen molar-refractivity contribution in [1.82, 2.24) is 16.4 Å². The van der Waals surface area contributed by atoms with Gasteiger partial charge in [0.2, 0.25) is 0 Å². The van der Waals surface area contributed by atoms with Gasteiger partial charge in [0.15, 0.2) is 0 Å². The van der Waals surface area contributed by atoms with Gasteiger partial charge in [-0.2, -0.15) is 5.53 Å². The first-order chi connectivity index (χ1) is 5.33. The van der Waals surface area contributed by atoms with E-state index >= 15 is 0 Å². The van der Waals surface area contributed by atoms with Gasteiger partial charge in [-0.15, -0.1) is 12.4 Å². The topological polar surface area (TPSA) is 53.2 Å². The minimum atomic E-state index is -0.280. The number of hydrogen-bond donors (Lipinski definition) is 3. The summed E-state index contributed by atoms with van der Waals surface area (Å²) in [5.41, 5.74) is 7.99. The van der Waals surface area contributed by atoms with Crippen molar-refractivity contribution in [2.75, 3.05) is 0 Å². The number of carbonyl (C=O) groups is 1. The number of amides is 1. The lowest BCUT2D eigenvalue weighted by atomic mass is 9.82. The van der Waals surface area contributed by atoms with E-state index < -0.39 is 0 Å². The average Bonchev–Trinajstić information content (AvgIpc) is 2.36. The molecule has 2 rings (SSSR count). The molecule has 0 radical (unpaired) electrons. The van der Waals surface area contributed by atoms with Gasteiger partial charge < -0.3 is 0 Å². The number of nitrogens with one attached hydrogen (secondary N) is 3. The number of hydrazine groups is 2.